The Morgan fingerprint density at radius 3 is 2.41 bits per heavy atom. The highest BCUT2D eigenvalue weighted by molar-refractivity contribution is 7.89. The van der Waals surface area contributed by atoms with E-state index < -0.39 is 33.6 Å². The van der Waals surface area contributed by atoms with Crippen molar-refractivity contribution >= 4 is 27.0 Å². The van der Waals surface area contributed by atoms with Gasteiger partial charge in [0.15, 0.2) is 0 Å². The quantitative estimate of drug-likeness (QED) is 0.380. The lowest BCUT2D eigenvalue weighted by molar-refractivity contribution is -0.160. The maximum absolute atomic E-state index is 13.8. The Labute approximate surface area is 200 Å². The predicted octanol–water partition coefficient (Wildman–Crippen LogP) is 4.89. The third-order valence-corrected chi connectivity index (χ3v) is 7.52. The van der Waals surface area contributed by atoms with E-state index in [4.69, 9.17) is 13.9 Å². The number of benzene rings is 2. The van der Waals surface area contributed by atoms with Gasteiger partial charge in [-0.05, 0) is 63.6 Å². The molecule has 0 N–H and O–H groups in total. The number of rotatable bonds is 5. The van der Waals surface area contributed by atoms with Crippen molar-refractivity contribution in [2.75, 3.05) is 13.7 Å². The summed E-state index contributed by atoms with van der Waals surface area (Å²) in [5.74, 6) is -0.0927. The standard InChI is InChI=1S/C26H29NO6S/c1-26(2,3)33-25(28)24-21(23-17-18-9-5-6-11-22(18)32-23)10-7-8-16-27(24)34(29,30)20-14-12-19(31-4)13-15-20/h5-9,11-15,17,21,24H,10,16H2,1-4H3. The van der Waals surface area contributed by atoms with Gasteiger partial charge in [0.05, 0.1) is 12.0 Å². The molecule has 0 bridgehead atoms. The molecule has 3 aromatic rings. The summed E-state index contributed by atoms with van der Waals surface area (Å²) in [7, 11) is -2.53. The number of sulfonamides is 1. The molecule has 0 aliphatic carbocycles. The lowest BCUT2D eigenvalue weighted by atomic mass is 9.93. The Hall–Kier alpha value is -3.10. The molecule has 2 unspecified atom stereocenters. The van der Waals surface area contributed by atoms with E-state index in [1.165, 1.54) is 23.5 Å². The lowest BCUT2D eigenvalue weighted by Crippen LogP contribution is -2.49. The minimum absolute atomic E-state index is 0.0367. The van der Waals surface area contributed by atoms with Gasteiger partial charge >= 0.3 is 5.97 Å². The second-order valence-electron chi connectivity index (χ2n) is 9.23. The Bertz CT molecular complexity index is 1270. The van der Waals surface area contributed by atoms with Crippen LogP contribution in [0, 0.1) is 0 Å². The van der Waals surface area contributed by atoms with Crippen LogP contribution in [0.2, 0.25) is 0 Å². The molecular weight excluding hydrogens is 454 g/mol. The first kappa shape index (κ1) is 24.0. The molecule has 2 atom stereocenters. The van der Waals surface area contributed by atoms with E-state index in [1.807, 2.05) is 36.4 Å². The summed E-state index contributed by atoms with van der Waals surface area (Å²) in [4.78, 5) is 13.6. The molecule has 0 spiro atoms. The minimum atomic E-state index is -4.05. The molecule has 7 nitrogen and oxygen atoms in total. The third-order valence-electron chi connectivity index (χ3n) is 5.66. The normalized spacial score (nSPS) is 19.6. The molecule has 0 saturated heterocycles. The fourth-order valence-electron chi connectivity index (χ4n) is 4.10. The molecule has 34 heavy (non-hydrogen) atoms. The zero-order valence-corrected chi connectivity index (χ0v) is 20.5. The van der Waals surface area contributed by atoms with E-state index in [0.717, 1.165) is 5.39 Å². The molecule has 2 heterocycles. The number of allylic oxidation sites excluding steroid dienone is 1. The number of esters is 1. The molecule has 1 aromatic heterocycles. The first-order valence-electron chi connectivity index (χ1n) is 11.1. The summed E-state index contributed by atoms with van der Waals surface area (Å²) in [5, 5.41) is 0.887. The summed E-state index contributed by atoms with van der Waals surface area (Å²) in [6.07, 6.45) is 4.08. The molecule has 0 fully saturated rings. The number of fused-ring (bicyclic) bond motifs is 1. The molecule has 1 aliphatic heterocycles. The van der Waals surface area contributed by atoms with Crippen LogP contribution in [0.15, 0.2) is 76.1 Å². The maximum Gasteiger partial charge on any atom is 0.325 e. The number of nitrogens with zero attached hydrogens (tertiary/aromatic N) is 1. The number of para-hydroxylation sites is 1. The summed E-state index contributed by atoms with van der Waals surface area (Å²) in [5.41, 5.74) is -0.108. The van der Waals surface area contributed by atoms with Crippen LogP contribution >= 0.6 is 0 Å². The Kier molecular flexibility index (Phi) is 6.55. The van der Waals surface area contributed by atoms with Crippen LogP contribution in [0.1, 0.15) is 38.9 Å². The summed E-state index contributed by atoms with van der Waals surface area (Å²) >= 11 is 0. The number of furan rings is 1. The average Bonchev–Trinajstić information content (AvgIpc) is 3.08. The van der Waals surface area contributed by atoms with Gasteiger partial charge in [0.2, 0.25) is 10.0 Å². The van der Waals surface area contributed by atoms with Gasteiger partial charge in [-0.2, -0.15) is 4.31 Å². The van der Waals surface area contributed by atoms with Crippen molar-refractivity contribution in [3.63, 3.8) is 0 Å². The van der Waals surface area contributed by atoms with Crippen molar-refractivity contribution < 1.29 is 27.1 Å². The fraction of sp³-hybridized carbons (Fsp3) is 0.346. The zero-order chi connectivity index (χ0) is 24.5. The van der Waals surface area contributed by atoms with Crippen LogP contribution in [-0.2, 0) is 19.6 Å². The molecule has 0 radical (unpaired) electrons. The second kappa shape index (κ2) is 9.27. The van der Waals surface area contributed by atoms with Crippen molar-refractivity contribution in [3.05, 3.63) is 72.5 Å². The zero-order valence-electron chi connectivity index (χ0n) is 19.7. The topological polar surface area (TPSA) is 86.1 Å². The van der Waals surface area contributed by atoms with E-state index in [1.54, 1.807) is 39.0 Å². The molecule has 1 aliphatic rings. The van der Waals surface area contributed by atoms with Crippen molar-refractivity contribution in [2.24, 2.45) is 0 Å². The minimum Gasteiger partial charge on any atom is -0.497 e. The van der Waals surface area contributed by atoms with Crippen LogP contribution < -0.4 is 4.74 Å². The van der Waals surface area contributed by atoms with E-state index >= 15 is 0 Å². The first-order chi connectivity index (χ1) is 16.1. The molecule has 180 valence electrons. The van der Waals surface area contributed by atoms with Crippen LogP contribution in [0.4, 0.5) is 0 Å². The number of methoxy groups -OCH3 is 1. The Morgan fingerprint density at radius 2 is 1.76 bits per heavy atom. The van der Waals surface area contributed by atoms with Gasteiger partial charge in [-0.1, -0.05) is 30.4 Å². The summed E-state index contributed by atoms with van der Waals surface area (Å²) in [6, 6.07) is 14.4. The lowest BCUT2D eigenvalue weighted by Gasteiger charge is -2.33. The van der Waals surface area contributed by atoms with E-state index in [-0.39, 0.29) is 11.4 Å². The van der Waals surface area contributed by atoms with Gasteiger partial charge in [0.1, 0.15) is 28.7 Å². The van der Waals surface area contributed by atoms with Gasteiger partial charge < -0.3 is 13.9 Å². The summed E-state index contributed by atoms with van der Waals surface area (Å²) in [6.45, 7) is 5.32. The predicted molar refractivity (Wildman–Crippen MR) is 129 cm³/mol. The first-order valence-corrected chi connectivity index (χ1v) is 12.6. The highest BCUT2D eigenvalue weighted by atomic mass is 32.2. The molecule has 2 aromatic carbocycles. The second-order valence-corrected chi connectivity index (χ2v) is 11.1. The highest BCUT2D eigenvalue weighted by Gasteiger charge is 2.45. The third kappa shape index (κ3) is 4.88. The SMILES string of the molecule is COc1ccc(S(=O)(=O)N2CC=CCC(c3cc4ccccc4o3)C2C(=O)OC(C)(C)C)cc1. The van der Waals surface area contributed by atoms with E-state index in [2.05, 4.69) is 0 Å². The van der Waals surface area contributed by atoms with Crippen LogP contribution in [0.25, 0.3) is 11.0 Å². The van der Waals surface area contributed by atoms with Crippen molar-refractivity contribution in [1.29, 1.82) is 0 Å². The molecule has 4 rings (SSSR count). The van der Waals surface area contributed by atoms with Gasteiger partial charge in [-0.3, -0.25) is 4.79 Å². The summed E-state index contributed by atoms with van der Waals surface area (Å²) < 4.78 is 45.7. The molecule has 0 saturated carbocycles. The van der Waals surface area contributed by atoms with E-state index in [9.17, 15) is 13.2 Å². The van der Waals surface area contributed by atoms with Gasteiger partial charge in [0, 0.05) is 17.8 Å². The monoisotopic (exact) mass is 483 g/mol. The van der Waals surface area contributed by atoms with Crippen LogP contribution in [0.3, 0.4) is 0 Å². The van der Waals surface area contributed by atoms with Crippen molar-refractivity contribution in [3.8, 4) is 5.75 Å². The van der Waals surface area contributed by atoms with Crippen molar-refractivity contribution in [1.82, 2.24) is 4.31 Å². The highest BCUT2D eigenvalue weighted by Crippen LogP contribution is 2.37. The largest absolute Gasteiger partial charge is 0.497 e. The fourth-order valence-corrected chi connectivity index (χ4v) is 5.66. The van der Waals surface area contributed by atoms with Crippen LogP contribution in [0.5, 0.6) is 5.75 Å². The molecular formula is C26H29NO6S. The van der Waals surface area contributed by atoms with Crippen molar-refractivity contribution in [2.45, 2.75) is 49.6 Å². The number of hydrogen-bond acceptors (Lipinski definition) is 6. The number of ether oxygens (including phenoxy) is 2. The van der Waals surface area contributed by atoms with Gasteiger partial charge in [-0.25, -0.2) is 8.42 Å². The number of carbonyl (C=O) groups is 1. The molecule has 0 amide bonds. The maximum atomic E-state index is 13.8. The number of hydrogen-bond donors (Lipinski definition) is 0. The molecule has 8 heteroatoms. The van der Waals surface area contributed by atoms with E-state index in [0.29, 0.717) is 23.5 Å². The average molecular weight is 484 g/mol. The van der Waals surface area contributed by atoms with Crippen LogP contribution in [-0.4, -0.2) is 44.0 Å². The Morgan fingerprint density at radius 1 is 1.06 bits per heavy atom. The number of carbonyl (C=O) groups excluding carboxylic acids is 1. The van der Waals surface area contributed by atoms with Gasteiger partial charge in [-0.15, -0.1) is 0 Å². The Balaban J connectivity index is 1.82. The van der Waals surface area contributed by atoms with Gasteiger partial charge in [0.25, 0.3) is 0 Å². The smallest absolute Gasteiger partial charge is 0.325 e.